The predicted molar refractivity (Wildman–Crippen MR) is 64.8 cm³/mol. The fourth-order valence-electron chi connectivity index (χ4n) is 1.79. The largest absolute Gasteiger partial charge is 0.480 e. The highest BCUT2D eigenvalue weighted by Crippen LogP contribution is 2.31. The Morgan fingerprint density at radius 2 is 2.00 bits per heavy atom. The van der Waals surface area contributed by atoms with Gasteiger partial charge in [0.15, 0.2) is 0 Å². The van der Waals surface area contributed by atoms with Gasteiger partial charge in [-0.3, -0.25) is 0 Å². The van der Waals surface area contributed by atoms with Gasteiger partial charge >= 0.3 is 12.0 Å². The van der Waals surface area contributed by atoms with Crippen LogP contribution >= 0.6 is 0 Å². The molecule has 17 heavy (non-hydrogen) atoms. The van der Waals surface area contributed by atoms with Crippen LogP contribution in [0.5, 0.6) is 0 Å². The summed E-state index contributed by atoms with van der Waals surface area (Å²) < 4.78 is 0. The van der Waals surface area contributed by atoms with Gasteiger partial charge in [0.2, 0.25) is 0 Å². The van der Waals surface area contributed by atoms with Crippen LogP contribution in [0, 0.1) is 5.92 Å². The molecule has 0 bridgehead atoms. The SMILES string of the molecule is CCN(C(=O)NCCC1CC1)C(C)(C)C(=O)O. The smallest absolute Gasteiger partial charge is 0.329 e. The quantitative estimate of drug-likeness (QED) is 0.744. The summed E-state index contributed by atoms with van der Waals surface area (Å²) in [5.41, 5.74) is -1.17. The van der Waals surface area contributed by atoms with E-state index in [4.69, 9.17) is 5.11 Å². The van der Waals surface area contributed by atoms with Crippen LogP contribution in [0.1, 0.15) is 40.0 Å². The van der Waals surface area contributed by atoms with Gasteiger partial charge in [0.05, 0.1) is 0 Å². The summed E-state index contributed by atoms with van der Waals surface area (Å²) in [5.74, 6) is -0.227. The zero-order chi connectivity index (χ0) is 13.1. The van der Waals surface area contributed by atoms with E-state index < -0.39 is 11.5 Å². The predicted octanol–water partition coefficient (Wildman–Crippen LogP) is 1.68. The molecule has 0 aromatic rings. The van der Waals surface area contributed by atoms with E-state index in [9.17, 15) is 9.59 Å². The van der Waals surface area contributed by atoms with E-state index in [1.165, 1.54) is 17.7 Å². The molecule has 0 atom stereocenters. The van der Waals surface area contributed by atoms with Gasteiger partial charge in [-0.1, -0.05) is 12.8 Å². The van der Waals surface area contributed by atoms with Crippen molar-refractivity contribution in [3.8, 4) is 0 Å². The molecule has 0 saturated heterocycles. The van der Waals surface area contributed by atoms with Gasteiger partial charge in [-0.25, -0.2) is 9.59 Å². The first-order valence-electron chi connectivity index (χ1n) is 6.18. The van der Waals surface area contributed by atoms with Crippen LogP contribution in [-0.2, 0) is 4.79 Å². The Morgan fingerprint density at radius 1 is 1.41 bits per heavy atom. The molecule has 98 valence electrons. The molecule has 0 aromatic heterocycles. The number of rotatable bonds is 6. The van der Waals surface area contributed by atoms with Gasteiger partial charge in [-0.2, -0.15) is 0 Å². The molecule has 2 N–H and O–H groups in total. The number of hydrogen-bond donors (Lipinski definition) is 2. The second kappa shape index (κ2) is 5.38. The first kappa shape index (κ1) is 13.8. The van der Waals surface area contributed by atoms with Crippen molar-refractivity contribution in [2.75, 3.05) is 13.1 Å². The van der Waals surface area contributed by atoms with E-state index in [1.54, 1.807) is 20.8 Å². The molecular formula is C12H22N2O3. The summed E-state index contributed by atoms with van der Waals surface area (Å²) in [6.45, 7) is 5.88. The minimum Gasteiger partial charge on any atom is -0.480 e. The topological polar surface area (TPSA) is 69.6 Å². The molecule has 1 aliphatic carbocycles. The molecule has 0 radical (unpaired) electrons. The lowest BCUT2D eigenvalue weighted by atomic mass is 10.0. The van der Waals surface area contributed by atoms with Crippen molar-refractivity contribution < 1.29 is 14.7 Å². The second-order valence-corrected chi connectivity index (χ2v) is 5.07. The van der Waals surface area contributed by atoms with Crippen molar-refractivity contribution in [1.82, 2.24) is 10.2 Å². The van der Waals surface area contributed by atoms with Crippen molar-refractivity contribution in [2.45, 2.75) is 45.6 Å². The zero-order valence-electron chi connectivity index (χ0n) is 10.8. The van der Waals surface area contributed by atoms with Crippen molar-refractivity contribution >= 4 is 12.0 Å². The van der Waals surface area contributed by atoms with E-state index in [0.717, 1.165) is 12.3 Å². The Labute approximate surface area is 102 Å². The van der Waals surface area contributed by atoms with E-state index in [1.807, 2.05) is 0 Å². The number of aliphatic carboxylic acids is 1. The average molecular weight is 242 g/mol. The average Bonchev–Trinajstić information content (AvgIpc) is 3.02. The maximum atomic E-state index is 11.9. The van der Waals surface area contributed by atoms with Crippen LogP contribution in [-0.4, -0.2) is 40.6 Å². The van der Waals surface area contributed by atoms with Gasteiger partial charge in [-0.05, 0) is 33.1 Å². The van der Waals surface area contributed by atoms with Gasteiger partial charge in [-0.15, -0.1) is 0 Å². The molecule has 1 saturated carbocycles. The lowest BCUT2D eigenvalue weighted by molar-refractivity contribution is -0.147. The number of carbonyl (C=O) groups excluding carboxylic acids is 1. The van der Waals surface area contributed by atoms with Crippen molar-refractivity contribution in [3.63, 3.8) is 0 Å². The van der Waals surface area contributed by atoms with Crippen LogP contribution < -0.4 is 5.32 Å². The molecule has 2 amide bonds. The summed E-state index contributed by atoms with van der Waals surface area (Å²) >= 11 is 0. The number of carboxylic acids is 1. The maximum absolute atomic E-state index is 11.9. The molecular weight excluding hydrogens is 220 g/mol. The van der Waals surface area contributed by atoms with Crippen LogP contribution in [0.15, 0.2) is 0 Å². The summed E-state index contributed by atoms with van der Waals surface area (Å²) in [6.07, 6.45) is 3.51. The normalized spacial score (nSPS) is 15.5. The highest BCUT2D eigenvalue weighted by atomic mass is 16.4. The number of urea groups is 1. The van der Waals surface area contributed by atoms with Crippen LogP contribution in [0.2, 0.25) is 0 Å². The minimum atomic E-state index is -1.17. The lowest BCUT2D eigenvalue weighted by Gasteiger charge is -2.34. The Hall–Kier alpha value is -1.26. The molecule has 0 aliphatic heterocycles. The highest BCUT2D eigenvalue weighted by molar-refractivity contribution is 5.85. The molecule has 0 aromatic carbocycles. The Kier molecular flexibility index (Phi) is 4.37. The van der Waals surface area contributed by atoms with Crippen molar-refractivity contribution in [2.24, 2.45) is 5.92 Å². The minimum absolute atomic E-state index is 0.291. The van der Waals surface area contributed by atoms with E-state index >= 15 is 0 Å². The molecule has 5 heteroatoms. The van der Waals surface area contributed by atoms with E-state index in [0.29, 0.717) is 13.1 Å². The molecule has 0 unspecified atom stereocenters. The fourth-order valence-corrected chi connectivity index (χ4v) is 1.79. The van der Waals surface area contributed by atoms with Crippen LogP contribution in [0.25, 0.3) is 0 Å². The van der Waals surface area contributed by atoms with Gasteiger partial charge in [0.1, 0.15) is 5.54 Å². The first-order valence-corrected chi connectivity index (χ1v) is 6.18. The number of likely N-dealkylation sites (N-methyl/N-ethyl adjacent to an activating group) is 1. The molecule has 1 fully saturated rings. The number of nitrogens with zero attached hydrogens (tertiary/aromatic N) is 1. The zero-order valence-corrected chi connectivity index (χ0v) is 10.8. The van der Waals surface area contributed by atoms with Crippen molar-refractivity contribution in [3.05, 3.63) is 0 Å². The summed E-state index contributed by atoms with van der Waals surface area (Å²) in [6, 6.07) is -0.291. The third-order valence-electron chi connectivity index (χ3n) is 3.29. The highest BCUT2D eigenvalue weighted by Gasteiger charge is 2.36. The standard InChI is InChI=1S/C12H22N2O3/c1-4-14(12(2,3)10(15)16)11(17)13-8-7-9-5-6-9/h9H,4-8H2,1-3H3,(H,13,17)(H,15,16). The maximum Gasteiger partial charge on any atom is 0.329 e. The number of carboxylic acid groups (broad SMARTS) is 1. The van der Waals surface area contributed by atoms with E-state index in [2.05, 4.69) is 5.32 Å². The molecule has 0 spiro atoms. The molecule has 5 nitrogen and oxygen atoms in total. The molecule has 1 aliphatic rings. The first-order chi connectivity index (χ1) is 7.89. The Balaban J connectivity index is 2.46. The van der Waals surface area contributed by atoms with Gasteiger partial charge in [0, 0.05) is 13.1 Å². The van der Waals surface area contributed by atoms with Gasteiger partial charge < -0.3 is 15.3 Å². The second-order valence-electron chi connectivity index (χ2n) is 5.07. The lowest BCUT2D eigenvalue weighted by Crippen LogP contribution is -2.56. The monoisotopic (exact) mass is 242 g/mol. The summed E-state index contributed by atoms with van der Waals surface area (Å²) in [4.78, 5) is 24.3. The van der Waals surface area contributed by atoms with Crippen LogP contribution in [0.3, 0.4) is 0 Å². The molecule has 0 heterocycles. The number of amides is 2. The van der Waals surface area contributed by atoms with Gasteiger partial charge in [0.25, 0.3) is 0 Å². The number of carbonyl (C=O) groups is 2. The van der Waals surface area contributed by atoms with E-state index in [-0.39, 0.29) is 6.03 Å². The summed E-state index contributed by atoms with van der Waals surface area (Å²) in [5, 5.41) is 11.9. The summed E-state index contributed by atoms with van der Waals surface area (Å²) in [7, 11) is 0. The molecule has 1 rings (SSSR count). The Bertz CT molecular complexity index is 298. The Morgan fingerprint density at radius 3 is 2.41 bits per heavy atom. The van der Waals surface area contributed by atoms with Crippen molar-refractivity contribution in [1.29, 1.82) is 0 Å². The third kappa shape index (κ3) is 3.61. The third-order valence-corrected chi connectivity index (χ3v) is 3.29. The van der Waals surface area contributed by atoms with Crippen LogP contribution in [0.4, 0.5) is 4.79 Å². The number of nitrogens with one attached hydrogen (secondary N) is 1. The fraction of sp³-hybridized carbons (Fsp3) is 0.833. The number of hydrogen-bond acceptors (Lipinski definition) is 2.